The molecule has 1 rings (SSSR count). The Morgan fingerprint density at radius 2 is 1.84 bits per heavy atom. The summed E-state index contributed by atoms with van der Waals surface area (Å²) in [5.74, 6) is -0.524. The highest BCUT2D eigenvalue weighted by Crippen LogP contribution is 2.24. The summed E-state index contributed by atoms with van der Waals surface area (Å²) in [5, 5.41) is 0. The maximum Gasteiger partial charge on any atom is 0.389 e. The second-order valence-electron chi connectivity index (χ2n) is 4.25. The third-order valence-corrected chi connectivity index (χ3v) is 2.58. The minimum Gasteiger partial charge on any atom is -0.399 e. The molecule has 0 saturated heterocycles. The Bertz CT molecular complexity index is 415. The first-order chi connectivity index (χ1) is 8.83. The number of alkyl halides is 3. The van der Waals surface area contributed by atoms with Crippen molar-refractivity contribution in [1.82, 2.24) is 0 Å². The minimum atomic E-state index is -4.31. The van der Waals surface area contributed by atoms with Crippen molar-refractivity contribution in [2.75, 3.05) is 17.2 Å². The van der Waals surface area contributed by atoms with Crippen molar-refractivity contribution in [2.45, 2.75) is 32.4 Å². The lowest BCUT2D eigenvalue weighted by Crippen LogP contribution is -2.32. The van der Waals surface area contributed by atoms with Gasteiger partial charge in [-0.1, -0.05) is 6.92 Å². The fourth-order valence-electron chi connectivity index (χ4n) is 1.66. The van der Waals surface area contributed by atoms with Crippen LogP contribution >= 0.6 is 0 Å². The zero-order valence-electron chi connectivity index (χ0n) is 10.7. The van der Waals surface area contributed by atoms with Crippen LogP contribution in [0.1, 0.15) is 26.2 Å². The zero-order valence-corrected chi connectivity index (χ0v) is 10.7. The smallest absolute Gasteiger partial charge is 0.389 e. The maximum absolute atomic E-state index is 12.1. The lowest BCUT2D eigenvalue weighted by molar-refractivity contribution is -0.143. The van der Waals surface area contributed by atoms with Gasteiger partial charge in [0.05, 0.1) is 6.42 Å². The number of benzene rings is 1. The van der Waals surface area contributed by atoms with Crippen molar-refractivity contribution in [3.8, 4) is 0 Å². The molecule has 1 amide bonds. The molecule has 0 atom stereocenters. The van der Waals surface area contributed by atoms with Crippen LogP contribution in [0.5, 0.6) is 0 Å². The number of amides is 1. The van der Waals surface area contributed by atoms with Crippen LogP contribution in [-0.2, 0) is 4.79 Å². The lowest BCUT2D eigenvalue weighted by atomic mass is 10.2. The Balaban J connectivity index is 2.76. The molecule has 0 aliphatic carbocycles. The molecule has 6 heteroatoms. The van der Waals surface area contributed by atoms with E-state index >= 15 is 0 Å². The van der Waals surface area contributed by atoms with Gasteiger partial charge in [0.15, 0.2) is 0 Å². The molecule has 0 bridgehead atoms. The quantitative estimate of drug-likeness (QED) is 0.837. The molecule has 0 radical (unpaired) electrons. The van der Waals surface area contributed by atoms with Crippen LogP contribution in [-0.4, -0.2) is 18.6 Å². The van der Waals surface area contributed by atoms with Gasteiger partial charge in [-0.2, -0.15) is 13.2 Å². The first kappa shape index (κ1) is 15.3. The van der Waals surface area contributed by atoms with Crippen molar-refractivity contribution >= 4 is 17.3 Å². The molecule has 3 nitrogen and oxygen atoms in total. The number of halogens is 3. The molecule has 2 N–H and O–H groups in total. The highest BCUT2D eigenvalue weighted by Gasteiger charge is 2.29. The fraction of sp³-hybridized carbons (Fsp3) is 0.462. The normalized spacial score (nSPS) is 11.4. The van der Waals surface area contributed by atoms with Crippen molar-refractivity contribution in [3.05, 3.63) is 24.3 Å². The van der Waals surface area contributed by atoms with Gasteiger partial charge in [0.1, 0.15) is 0 Å². The van der Waals surface area contributed by atoms with Crippen LogP contribution in [0.25, 0.3) is 0 Å². The second-order valence-corrected chi connectivity index (χ2v) is 4.25. The molecular weight excluding hydrogens is 257 g/mol. The number of carbonyl (C=O) groups excluding carboxylic acids is 1. The number of hydrogen-bond donors (Lipinski definition) is 1. The molecule has 0 fully saturated rings. The van der Waals surface area contributed by atoms with Crippen LogP contribution in [0, 0.1) is 0 Å². The predicted molar refractivity (Wildman–Crippen MR) is 68.8 cm³/mol. The Morgan fingerprint density at radius 1 is 1.26 bits per heavy atom. The lowest BCUT2D eigenvalue weighted by Gasteiger charge is -2.22. The van der Waals surface area contributed by atoms with E-state index in [-0.39, 0.29) is 0 Å². The molecule has 1 aromatic rings. The molecular formula is C13H17F3N2O. The van der Waals surface area contributed by atoms with Crippen LogP contribution < -0.4 is 10.6 Å². The molecule has 0 heterocycles. The Hall–Kier alpha value is -1.72. The first-order valence-electron chi connectivity index (χ1n) is 6.06. The summed E-state index contributed by atoms with van der Waals surface area (Å²) in [5.41, 5.74) is 6.66. The van der Waals surface area contributed by atoms with E-state index in [1.54, 1.807) is 24.3 Å². The van der Waals surface area contributed by atoms with E-state index in [2.05, 4.69) is 0 Å². The van der Waals surface area contributed by atoms with E-state index in [4.69, 9.17) is 5.73 Å². The first-order valence-corrected chi connectivity index (χ1v) is 6.06. The van der Waals surface area contributed by atoms with E-state index in [1.165, 1.54) is 4.90 Å². The predicted octanol–water partition coefficient (Wildman–Crippen LogP) is 3.35. The summed E-state index contributed by atoms with van der Waals surface area (Å²) in [4.78, 5) is 13.2. The topological polar surface area (TPSA) is 46.3 Å². The number of nitrogen functional groups attached to an aromatic ring is 1. The average molecular weight is 274 g/mol. The van der Waals surface area contributed by atoms with Crippen LogP contribution in [0.2, 0.25) is 0 Å². The van der Waals surface area contributed by atoms with Gasteiger partial charge in [-0.25, -0.2) is 0 Å². The summed E-state index contributed by atoms with van der Waals surface area (Å²) < 4.78 is 36.4. The number of carbonyl (C=O) groups is 1. The molecule has 19 heavy (non-hydrogen) atoms. The largest absolute Gasteiger partial charge is 0.399 e. The Morgan fingerprint density at radius 3 is 2.32 bits per heavy atom. The number of hydrogen-bond acceptors (Lipinski definition) is 2. The molecule has 0 saturated carbocycles. The van der Waals surface area contributed by atoms with Gasteiger partial charge in [0.25, 0.3) is 0 Å². The van der Waals surface area contributed by atoms with E-state index in [9.17, 15) is 18.0 Å². The van der Waals surface area contributed by atoms with Crippen LogP contribution in [0.15, 0.2) is 24.3 Å². The standard InChI is InChI=1S/C13H17F3N2O/c1-2-9-18(11-5-3-10(17)4-6-11)12(19)7-8-13(14,15)16/h3-6H,2,7-9,17H2,1H3. The number of rotatable bonds is 5. The van der Waals surface area contributed by atoms with Crippen LogP contribution in [0.4, 0.5) is 24.5 Å². The van der Waals surface area contributed by atoms with Crippen molar-refractivity contribution < 1.29 is 18.0 Å². The van der Waals surface area contributed by atoms with Crippen molar-refractivity contribution in [1.29, 1.82) is 0 Å². The zero-order chi connectivity index (χ0) is 14.5. The summed E-state index contributed by atoms with van der Waals surface area (Å²) in [6.45, 7) is 2.25. The van der Waals surface area contributed by atoms with Gasteiger partial charge in [-0.3, -0.25) is 4.79 Å². The van der Waals surface area contributed by atoms with E-state index in [0.717, 1.165) is 0 Å². The van der Waals surface area contributed by atoms with Crippen molar-refractivity contribution in [2.24, 2.45) is 0 Å². The highest BCUT2D eigenvalue weighted by molar-refractivity contribution is 5.93. The van der Waals surface area contributed by atoms with Gasteiger partial charge in [-0.15, -0.1) is 0 Å². The number of anilines is 2. The third kappa shape index (κ3) is 5.19. The molecule has 106 valence electrons. The molecule has 0 aliphatic rings. The summed E-state index contributed by atoms with van der Waals surface area (Å²) >= 11 is 0. The summed E-state index contributed by atoms with van der Waals surface area (Å²) in [7, 11) is 0. The highest BCUT2D eigenvalue weighted by atomic mass is 19.4. The summed E-state index contributed by atoms with van der Waals surface area (Å²) in [6.07, 6.45) is -5.27. The molecule has 1 aromatic carbocycles. The third-order valence-electron chi connectivity index (χ3n) is 2.58. The van der Waals surface area contributed by atoms with Gasteiger partial charge in [0.2, 0.25) is 5.91 Å². The van der Waals surface area contributed by atoms with Crippen molar-refractivity contribution in [3.63, 3.8) is 0 Å². The van der Waals surface area contributed by atoms with Gasteiger partial charge < -0.3 is 10.6 Å². The van der Waals surface area contributed by atoms with Gasteiger partial charge in [0, 0.05) is 24.3 Å². The Labute approximate surface area is 110 Å². The average Bonchev–Trinajstić information content (AvgIpc) is 2.33. The maximum atomic E-state index is 12.1. The van der Waals surface area contributed by atoms with Gasteiger partial charge >= 0.3 is 6.18 Å². The number of nitrogens with two attached hydrogens (primary N) is 1. The van der Waals surface area contributed by atoms with E-state index in [0.29, 0.717) is 24.3 Å². The van der Waals surface area contributed by atoms with Gasteiger partial charge in [-0.05, 0) is 30.7 Å². The van der Waals surface area contributed by atoms with Crippen LogP contribution in [0.3, 0.4) is 0 Å². The molecule has 0 spiro atoms. The minimum absolute atomic E-state index is 0.389. The Kier molecular flexibility index (Phi) is 5.20. The van der Waals surface area contributed by atoms with E-state index in [1.807, 2.05) is 6.92 Å². The molecule has 0 unspecified atom stereocenters. The fourth-order valence-corrected chi connectivity index (χ4v) is 1.66. The molecule has 0 aromatic heterocycles. The second kappa shape index (κ2) is 6.45. The monoisotopic (exact) mass is 274 g/mol. The number of nitrogens with zero attached hydrogens (tertiary/aromatic N) is 1. The molecule has 0 aliphatic heterocycles. The van der Waals surface area contributed by atoms with E-state index < -0.39 is 24.9 Å². The summed E-state index contributed by atoms with van der Waals surface area (Å²) in [6, 6.07) is 6.51. The SMILES string of the molecule is CCCN(C(=O)CCC(F)(F)F)c1ccc(N)cc1.